The zero-order valence-corrected chi connectivity index (χ0v) is 15.0. The maximum Gasteiger partial charge on any atom is 0.228 e. The molecule has 1 amide bonds. The van der Waals surface area contributed by atoms with Gasteiger partial charge in [0, 0.05) is 34.5 Å². The second-order valence-corrected chi connectivity index (χ2v) is 6.77. The van der Waals surface area contributed by atoms with E-state index in [1.807, 2.05) is 0 Å². The Morgan fingerprint density at radius 1 is 1.17 bits per heavy atom. The van der Waals surface area contributed by atoms with Gasteiger partial charge in [-0.15, -0.1) is 11.3 Å². The van der Waals surface area contributed by atoms with E-state index in [4.69, 9.17) is 14.2 Å². The lowest BCUT2D eigenvalue weighted by molar-refractivity contribution is -0.117. The molecule has 0 saturated heterocycles. The van der Waals surface area contributed by atoms with Crippen LogP contribution in [-0.2, 0) is 4.79 Å². The molecule has 5 nitrogen and oxygen atoms in total. The van der Waals surface area contributed by atoms with E-state index >= 15 is 0 Å². The second kappa shape index (κ2) is 6.73. The first kappa shape index (κ1) is 16.6. The average molecular weight is 347 g/mol. The molecule has 1 aliphatic rings. The van der Waals surface area contributed by atoms with E-state index in [1.165, 1.54) is 10.4 Å². The summed E-state index contributed by atoms with van der Waals surface area (Å²) in [7, 11) is 4.66. The van der Waals surface area contributed by atoms with Gasteiger partial charge in [0.1, 0.15) is 0 Å². The highest BCUT2D eigenvalue weighted by atomic mass is 32.1. The van der Waals surface area contributed by atoms with Crippen molar-refractivity contribution < 1.29 is 19.0 Å². The first-order valence-corrected chi connectivity index (χ1v) is 8.61. The van der Waals surface area contributed by atoms with E-state index in [0.29, 0.717) is 28.9 Å². The highest BCUT2D eigenvalue weighted by Gasteiger charge is 2.45. The Kier molecular flexibility index (Phi) is 4.66. The van der Waals surface area contributed by atoms with Gasteiger partial charge in [0.05, 0.1) is 21.3 Å². The third kappa shape index (κ3) is 3.06. The van der Waals surface area contributed by atoms with Crippen molar-refractivity contribution in [2.75, 3.05) is 26.6 Å². The Labute approximate surface area is 145 Å². The summed E-state index contributed by atoms with van der Waals surface area (Å²) in [5.74, 6) is 1.95. The van der Waals surface area contributed by atoms with Gasteiger partial charge in [-0.3, -0.25) is 4.79 Å². The zero-order chi connectivity index (χ0) is 17.3. The van der Waals surface area contributed by atoms with Gasteiger partial charge in [0.15, 0.2) is 11.5 Å². The summed E-state index contributed by atoms with van der Waals surface area (Å²) in [6, 6.07) is 5.59. The number of nitrogens with one attached hydrogen (secondary N) is 1. The minimum absolute atomic E-state index is 0.0291. The fraction of sp³-hybridized carbons (Fsp3) is 0.389. The number of amides is 1. The molecule has 1 heterocycles. The Hall–Kier alpha value is -2.21. The maximum absolute atomic E-state index is 12.5. The van der Waals surface area contributed by atoms with Crippen LogP contribution in [0.3, 0.4) is 0 Å². The van der Waals surface area contributed by atoms with Gasteiger partial charge < -0.3 is 19.5 Å². The Morgan fingerprint density at radius 2 is 1.83 bits per heavy atom. The third-order valence-electron chi connectivity index (χ3n) is 4.30. The highest BCUT2D eigenvalue weighted by Crippen LogP contribution is 2.51. The van der Waals surface area contributed by atoms with Gasteiger partial charge >= 0.3 is 0 Å². The number of aryl methyl sites for hydroxylation is 1. The molecule has 1 saturated carbocycles. The van der Waals surface area contributed by atoms with Crippen LogP contribution in [0.15, 0.2) is 23.6 Å². The summed E-state index contributed by atoms with van der Waals surface area (Å²) in [6.45, 7) is 2.10. The number of thiophene rings is 1. The van der Waals surface area contributed by atoms with Crippen LogP contribution in [0.25, 0.3) is 0 Å². The minimum atomic E-state index is 0.0291. The van der Waals surface area contributed by atoms with Crippen LogP contribution >= 0.6 is 11.3 Å². The fourth-order valence-electron chi connectivity index (χ4n) is 2.93. The summed E-state index contributed by atoms with van der Waals surface area (Å²) in [5, 5.41) is 5.05. The van der Waals surface area contributed by atoms with Crippen LogP contribution in [0.4, 0.5) is 5.69 Å². The number of carbonyl (C=O) groups is 1. The molecule has 0 unspecified atom stereocenters. The van der Waals surface area contributed by atoms with Gasteiger partial charge in [-0.25, -0.2) is 0 Å². The summed E-state index contributed by atoms with van der Waals surface area (Å²) in [6.07, 6.45) is 0.900. The molecule has 1 aromatic carbocycles. The molecule has 3 rings (SSSR count). The van der Waals surface area contributed by atoms with Crippen molar-refractivity contribution in [2.45, 2.75) is 19.3 Å². The normalized spacial score (nSPS) is 18.8. The van der Waals surface area contributed by atoms with Crippen LogP contribution < -0.4 is 19.5 Å². The van der Waals surface area contributed by atoms with E-state index in [9.17, 15) is 4.79 Å². The van der Waals surface area contributed by atoms with E-state index in [1.54, 1.807) is 44.8 Å². The van der Waals surface area contributed by atoms with Crippen molar-refractivity contribution in [3.63, 3.8) is 0 Å². The first-order valence-electron chi connectivity index (χ1n) is 7.73. The van der Waals surface area contributed by atoms with Gasteiger partial charge in [-0.1, -0.05) is 0 Å². The monoisotopic (exact) mass is 347 g/mol. The van der Waals surface area contributed by atoms with Crippen molar-refractivity contribution in [3.05, 3.63) is 34.0 Å². The molecule has 1 N–H and O–H groups in total. The molecule has 0 bridgehead atoms. The van der Waals surface area contributed by atoms with Crippen LogP contribution in [-0.4, -0.2) is 27.2 Å². The number of hydrogen-bond acceptors (Lipinski definition) is 5. The van der Waals surface area contributed by atoms with Crippen LogP contribution in [0.2, 0.25) is 0 Å². The lowest BCUT2D eigenvalue weighted by Crippen LogP contribution is -2.14. The molecule has 2 aromatic rings. The van der Waals surface area contributed by atoms with E-state index in [0.717, 1.165) is 6.42 Å². The maximum atomic E-state index is 12.5. The van der Waals surface area contributed by atoms with E-state index in [-0.39, 0.29) is 11.8 Å². The number of carbonyl (C=O) groups excluding carboxylic acids is 1. The Bertz CT molecular complexity index is 730. The molecule has 24 heavy (non-hydrogen) atoms. The largest absolute Gasteiger partial charge is 0.493 e. The van der Waals surface area contributed by atoms with E-state index in [2.05, 4.69) is 23.7 Å². The second-order valence-electron chi connectivity index (χ2n) is 5.82. The third-order valence-corrected chi connectivity index (χ3v) is 5.45. The predicted molar refractivity (Wildman–Crippen MR) is 94.6 cm³/mol. The number of benzene rings is 1. The molecule has 0 spiro atoms. The fourth-order valence-corrected chi connectivity index (χ4v) is 4.04. The summed E-state index contributed by atoms with van der Waals surface area (Å²) in [4.78, 5) is 13.8. The lowest BCUT2D eigenvalue weighted by Gasteiger charge is -2.14. The summed E-state index contributed by atoms with van der Waals surface area (Å²) < 4.78 is 15.9. The SMILES string of the molecule is COc1cc(NC(=O)[C@@H]2C[C@@H]2c2sccc2C)cc(OC)c1OC. The quantitative estimate of drug-likeness (QED) is 0.863. The lowest BCUT2D eigenvalue weighted by atomic mass is 10.2. The van der Waals surface area contributed by atoms with Crippen LogP contribution in [0.1, 0.15) is 22.8 Å². The minimum Gasteiger partial charge on any atom is -0.493 e. The van der Waals surface area contributed by atoms with Crippen molar-refractivity contribution in [2.24, 2.45) is 5.92 Å². The van der Waals surface area contributed by atoms with Crippen molar-refractivity contribution in [1.82, 2.24) is 0 Å². The highest BCUT2D eigenvalue weighted by molar-refractivity contribution is 7.10. The topological polar surface area (TPSA) is 56.8 Å². The first-order chi connectivity index (χ1) is 11.6. The van der Waals surface area contributed by atoms with Gasteiger partial charge in [0.2, 0.25) is 11.7 Å². The molecule has 6 heteroatoms. The summed E-state index contributed by atoms with van der Waals surface area (Å²) in [5.41, 5.74) is 1.91. The molecule has 0 radical (unpaired) electrons. The van der Waals surface area contributed by atoms with Gasteiger partial charge in [-0.05, 0) is 30.4 Å². The molecule has 1 aromatic heterocycles. The van der Waals surface area contributed by atoms with Crippen molar-refractivity contribution in [3.8, 4) is 17.2 Å². The van der Waals surface area contributed by atoms with Crippen molar-refractivity contribution in [1.29, 1.82) is 0 Å². The molecule has 2 atom stereocenters. The number of anilines is 1. The van der Waals surface area contributed by atoms with Crippen LogP contribution in [0.5, 0.6) is 17.2 Å². The Morgan fingerprint density at radius 3 is 2.33 bits per heavy atom. The van der Waals surface area contributed by atoms with Gasteiger partial charge in [-0.2, -0.15) is 0 Å². The number of ether oxygens (including phenoxy) is 3. The van der Waals surface area contributed by atoms with Gasteiger partial charge in [0.25, 0.3) is 0 Å². The molecule has 128 valence electrons. The predicted octanol–water partition coefficient (Wildman–Crippen LogP) is 3.82. The number of methoxy groups -OCH3 is 3. The molecule has 1 fully saturated rings. The Balaban J connectivity index is 1.75. The van der Waals surface area contributed by atoms with E-state index < -0.39 is 0 Å². The average Bonchev–Trinajstić information content (AvgIpc) is 3.27. The standard InChI is InChI=1S/C18H21NO4S/c1-10-5-6-24-17(10)12-9-13(12)18(20)19-11-7-14(21-2)16(23-4)15(8-11)22-3/h5-8,12-13H,9H2,1-4H3,(H,19,20)/t12-,13+/m0/s1. The number of rotatable bonds is 6. The summed E-state index contributed by atoms with van der Waals surface area (Å²) >= 11 is 1.73. The van der Waals surface area contributed by atoms with Crippen LogP contribution in [0, 0.1) is 12.8 Å². The molecule has 1 aliphatic carbocycles. The smallest absolute Gasteiger partial charge is 0.228 e. The number of hydrogen-bond donors (Lipinski definition) is 1. The van der Waals surface area contributed by atoms with Crippen molar-refractivity contribution >= 4 is 22.9 Å². The molecular formula is C18H21NO4S. The molecular weight excluding hydrogens is 326 g/mol. The molecule has 0 aliphatic heterocycles. The zero-order valence-electron chi connectivity index (χ0n) is 14.2.